The Labute approximate surface area is 158 Å². The van der Waals surface area contributed by atoms with Crippen LogP contribution >= 0.6 is 0 Å². The lowest BCUT2D eigenvalue weighted by Crippen LogP contribution is -2.26. The highest BCUT2D eigenvalue weighted by molar-refractivity contribution is 5.91. The van der Waals surface area contributed by atoms with E-state index in [1.54, 1.807) is 28.4 Å². The Morgan fingerprint density at radius 1 is 0.926 bits per heavy atom. The first-order valence-corrected chi connectivity index (χ1v) is 8.52. The van der Waals surface area contributed by atoms with Gasteiger partial charge in [0, 0.05) is 24.2 Å². The van der Waals surface area contributed by atoms with Crippen LogP contribution in [-0.4, -0.2) is 49.7 Å². The largest absolute Gasteiger partial charge is 0.493 e. The molecule has 2 aromatic heterocycles. The van der Waals surface area contributed by atoms with E-state index in [1.807, 2.05) is 24.3 Å². The minimum Gasteiger partial charge on any atom is -0.493 e. The van der Waals surface area contributed by atoms with E-state index in [0.29, 0.717) is 28.8 Å². The first-order chi connectivity index (χ1) is 13.0. The number of nitrogens with one attached hydrogen (secondary N) is 1. The van der Waals surface area contributed by atoms with Gasteiger partial charge in [-0.3, -0.25) is 5.10 Å². The number of fused-ring (bicyclic) bond motifs is 1. The molecule has 0 aliphatic heterocycles. The van der Waals surface area contributed by atoms with Crippen molar-refractivity contribution in [2.24, 2.45) is 0 Å². The third kappa shape index (κ3) is 3.30. The summed E-state index contributed by atoms with van der Waals surface area (Å²) in [5.74, 6) is 2.99. The van der Waals surface area contributed by atoms with Gasteiger partial charge in [0.2, 0.25) is 11.6 Å². The number of pyridine rings is 1. The van der Waals surface area contributed by atoms with Crippen LogP contribution in [0, 0.1) is 0 Å². The molecule has 0 saturated heterocycles. The maximum Gasteiger partial charge on any atom is 0.214 e. The van der Waals surface area contributed by atoms with E-state index in [0.717, 1.165) is 16.9 Å². The van der Waals surface area contributed by atoms with Crippen molar-refractivity contribution < 1.29 is 18.9 Å². The van der Waals surface area contributed by atoms with Crippen LogP contribution in [0.2, 0.25) is 0 Å². The number of hydrogen-bond donors (Lipinski definition) is 1. The topological polar surface area (TPSA) is 81.7 Å². The lowest BCUT2D eigenvalue weighted by atomic mass is 10.2. The van der Waals surface area contributed by atoms with Gasteiger partial charge in [0.25, 0.3) is 0 Å². The summed E-state index contributed by atoms with van der Waals surface area (Å²) in [5.41, 5.74) is 1.52. The summed E-state index contributed by atoms with van der Waals surface area (Å²) in [7, 11) is 6.37. The second kappa shape index (κ2) is 7.61. The van der Waals surface area contributed by atoms with Crippen molar-refractivity contribution in [1.82, 2.24) is 15.2 Å². The van der Waals surface area contributed by atoms with E-state index >= 15 is 0 Å². The van der Waals surface area contributed by atoms with Gasteiger partial charge in [-0.2, -0.15) is 10.1 Å². The molecular weight excluding hydrogens is 348 g/mol. The molecule has 0 atom stereocenters. The lowest BCUT2D eigenvalue weighted by molar-refractivity contribution is 0.324. The molecule has 27 heavy (non-hydrogen) atoms. The standard InChI is InChI=1S/C19H24N4O4/c1-11(2)23(12-9-14(24-3)17(27-6)15(10-12)25-4)19-13-7-8-16(26-5)20-18(13)21-22-19/h7-11H,1-6H3,(H,20,21,22). The summed E-state index contributed by atoms with van der Waals surface area (Å²) in [6.45, 7) is 4.17. The summed E-state index contributed by atoms with van der Waals surface area (Å²) >= 11 is 0. The maximum absolute atomic E-state index is 5.50. The van der Waals surface area contributed by atoms with Crippen LogP contribution in [0.4, 0.5) is 11.5 Å². The van der Waals surface area contributed by atoms with Crippen LogP contribution < -0.4 is 23.8 Å². The summed E-state index contributed by atoms with van der Waals surface area (Å²) in [6.07, 6.45) is 0. The second-order valence-electron chi connectivity index (χ2n) is 6.14. The Morgan fingerprint density at radius 2 is 1.59 bits per heavy atom. The molecule has 0 amide bonds. The molecule has 144 valence electrons. The van der Waals surface area contributed by atoms with Crippen LogP contribution in [0.25, 0.3) is 11.0 Å². The number of rotatable bonds is 7. The third-order valence-corrected chi connectivity index (χ3v) is 4.26. The number of nitrogens with zero attached hydrogens (tertiary/aromatic N) is 3. The zero-order valence-corrected chi connectivity index (χ0v) is 16.4. The third-order valence-electron chi connectivity index (χ3n) is 4.26. The molecule has 0 aliphatic carbocycles. The molecule has 3 aromatic rings. The lowest BCUT2D eigenvalue weighted by Gasteiger charge is -2.28. The van der Waals surface area contributed by atoms with Crippen molar-refractivity contribution in [3.63, 3.8) is 0 Å². The van der Waals surface area contributed by atoms with Crippen LogP contribution in [-0.2, 0) is 0 Å². The second-order valence-corrected chi connectivity index (χ2v) is 6.14. The summed E-state index contributed by atoms with van der Waals surface area (Å²) < 4.78 is 21.6. The van der Waals surface area contributed by atoms with Gasteiger partial charge in [0.05, 0.1) is 39.5 Å². The normalized spacial score (nSPS) is 10.9. The van der Waals surface area contributed by atoms with Gasteiger partial charge in [-0.15, -0.1) is 0 Å². The fourth-order valence-electron chi connectivity index (χ4n) is 3.04. The fourth-order valence-corrected chi connectivity index (χ4v) is 3.04. The first kappa shape index (κ1) is 18.6. The van der Waals surface area contributed by atoms with E-state index in [4.69, 9.17) is 18.9 Å². The molecule has 0 aliphatic rings. The van der Waals surface area contributed by atoms with Gasteiger partial charge in [0.1, 0.15) is 0 Å². The van der Waals surface area contributed by atoms with Crippen LogP contribution in [0.5, 0.6) is 23.1 Å². The van der Waals surface area contributed by atoms with E-state index < -0.39 is 0 Å². The van der Waals surface area contributed by atoms with E-state index in [2.05, 4.69) is 33.9 Å². The van der Waals surface area contributed by atoms with E-state index in [1.165, 1.54) is 0 Å². The number of ether oxygens (including phenoxy) is 4. The Kier molecular flexibility index (Phi) is 5.25. The van der Waals surface area contributed by atoms with Gasteiger partial charge in [0.15, 0.2) is 23.0 Å². The van der Waals surface area contributed by atoms with Gasteiger partial charge >= 0.3 is 0 Å². The molecule has 0 spiro atoms. The number of H-pyrrole nitrogens is 1. The number of hydrogen-bond acceptors (Lipinski definition) is 7. The van der Waals surface area contributed by atoms with Gasteiger partial charge < -0.3 is 23.8 Å². The monoisotopic (exact) mass is 372 g/mol. The summed E-state index contributed by atoms with van der Waals surface area (Å²) in [6, 6.07) is 7.67. The Morgan fingerprint density at radius 3 is 2.11 bits per heavy atom. The Bertz CT molecular complexity index is 914. The maximum atomic E-state index is 5.50. The van der Waals surface area contributed by atoms with Crippen molar-refractivity contribution in [2.75, 3.05) is 33.3 Å². The molecule has 0 radical (unpaired) electrons. The smallest absolute Gasteiger partial charge is 0.214 e. The minimum absolute atomic E-state index is 0.112. The molecule has 0 saturated carbocycles. The number of benzene rings is 1. The summed E-state index contributed by atoms with van der Waals surface area (Å²) in [5, 5.41) is 8.36. The molecule has 2 heterocycles. The van der Waals surface area contributed by atoms with Gasteiger partial charge in [-0.05, 0) is 19.9 Å². The average Bonchev–Trinajstić information content (AvgIpc) is 3.09. The highest BCUT2D eigenvalue weighted by atomic mass is 16.5. The number of aromatic nitrogens is 3. The number of methoxy groups -OCH3 is 4. The minimum atomic E-state index is 0.112. The molecule has 0 fully saturated rings. The molecule has 3 rings (SSSR count). The van der Waals surface area contributed by atoms with Crippen molar-refractivity contribution in [1.29, 1.82) is 0 Å². The Hall–Kier alpha value is -3.16. The Balaban J connectivity index is 2.17. The predicted molar refractivity (Wildman–Crippen MR) is 104 cm³/mol. The van der Waals surface area contributed by atoms with Crippen LogP contribution in [0.1, 0.15) is 13.8 Å². The molecular formula is C19H24N4O4. The zero-order valence-electron chi connectivity index (χ0n) is 16.4. The predicted octanol–water partition coefficient (Wildman–Crippen LogP) is 3.54. The van der Waals surface area contributed by atoms with Crippen molar-refractivity contribution >= 4 is 22.5 Å². The molecule has 0 unspecified atom stereocenters. The van der Waals surface area contributed by atoms with Crippen LogP contribution in [0.3, 0.4) is 0 Å². The molecule has 8 heteroatoms. The van der Waals surface area contributed by atoms with Crippen LogP contribution in [0.15, 0.2) is 24.3 Å². The molecule has 0 bridgehead atoms. The molecule has 1 N–H and O–H groups in total. The fraction of sp³-hybridized carbons (Fsp3) is 0.368. The number of anilines is 2. The molecule has 8 nitrogen and oxygen atoms in total. The van der Waals surface area contributed by atoms with Gasteiger partial charge in [-0.25, -0.2) is 0 Å². The summed E-state index contributed by atoms with van der Waals surface area (Å²) in [4.78, 5) is 6.49. The average molecular weight is 372 g/mol. The SMILES string of the molecule is COc1ccc2c(N(c3cc(OC)c(OC)c(OC)c3)C(C)C)n[nH]c2n1. The first-order valence-electron chi connectivity index (χ1n) is 8.52. The van der Waals surface area contributed by atoms with E-state index in [-0.39, 0.29) is 6.04 Å². The zero-order chi connectivity index (χ0) is 19.6. The highest BCUT2D eigenvalue weighted by Gasteiger charge is 2.23. The molecule has 1 aromatic carbocycles. The number of aromatic amines is 1. The van der Waals surface area contributed by atoms with Gasteiger partial charge in [-0.1, -0.05) is 0 Å². The quantitative estimate of drug-likeness (QED) is 0.679. The van der Waals surface area contributed by atoms with Crippen molar-refractivity contribution in [2.45, 2.75) is 19.9 Å². The highest BCUT2D eigenvalue weighted by Crippen LogP contribution is 2.43. The van der Waals surface area contributed by atoms with Crippen molar-refractivity contribution in [3.8, 4) is 23.1 Å². The van der Waals surface area contributed by atoms with E-state index in [9.17, 15) is 0 Å². The van der Waals surface area contributed by atoms with Crippen molar-refractivity contribution in [3.05, 3.63) is 24.3 Å².